The van der Waals surface area contributed by atoms with E-state index >= 15 is 0 Å². The normalized spacial score (nSPS) is 19.2. The molecular weight excluding hydrogens is 402 g/mol. The average Bonchev–Trinajstić information content (AvgIpc) is 3.21. The van der Waals surface area contributed by atoms with Crippen LogP contribution in [-0.2, 0) is 0 Å². The summed E-state index contributed by atoms with van der Waals surface area (Å²) in [6, 6.07) is 17.6. The molecule has 1 saturated heterocycles. The monoisotopic (exact) mass is 431 g/mol. The Hall–Kier alpha value is -3.32. The van der Waals surface area contributed by atoms with E-state index in [1.807, 2.05) is 59.3 Å². The highest BCUT2D eigenvalue weighted by Crippen LogP contribution is 2.40. The highest BCUT2D eigenvalue weighted by Gasteiger charge is 2.34. The number of nitrogens with one attached hydrogen (secondary N) is 1. The van der Waals surface area contributed by atoms with Crippen molar-refractivity contribution in [1.29, 1.82) is 0 Å². The summed E-state index contributed by atoms with van der Waals surface area (Å²) in [6.45, 7) is 3.03. The van der Waals surface area contributed by atoms with E-state index in [9.17, 15) is 4.79 Å². The summed E-state index contributed by atoms with van der Waals surface area (Å²) in [5, 5.41) is 8.32. The summed E-state index contributed by atoms with van der Waals surface area (Å²) in [5.41, 5.74) is 7.79. The molecule has 2 aromatic carbocycles. The number of nitrogens with zero attached hydrogens (tertiary/aromatic N) is 3. The minimum Gasteiger partial charge on any atom is -0.457 e. The molecule has 3 N–H and O–H groups in total. The Morgan fingerprint density at radius 1 is 1.03 bits per heavy atom. The zero-order valence-corrected chi connectivity index (χ0v) is 18.3. The van der Waals surface area contributed by atoms with Crippen LogP contribution < -0.4 is 15.8 Å². The van der Waals surface area contributed by atoms with Crippen LogP contribution in [0.1, 0.15) is 35.7 Å². The molecule has 3 heterocycles. The summed E-state index contributed by atoms with van der Waals surface area (Å²) in [5.74, 6) is 2.37. The van der Waals surface area contributed by atoms with Gasteiger partial charge in [0, 0.05) is 12.1 Å². The van der Waals surface area contributed by atoms with Crippen molar-refractivity contribution in [3.63, 3.8) is 0 Å². The number of nitrogens with two attached hydrogens (primary N) is 1. The molecule has 166 valence electrons. The van der Waals surface area contributed by atoms with Crippen molar-refractivity contribution in [2.45, 2.75) is 25.3 Å². The number of para-hydroxylation sites is 1. The molecule has 7 nitrogen and oxygen atoms in total. The third-order valence-corrected chi connectivity index (χ3v) is 6.62. The number of ether oxygens (including phenoxy) is 1. The van der Waals surface area contributed by atoms with Crippen LogP contribution in [0, 0.1) is 5.92 Å². The third-order valence-electron chi connectivity index (χ3n) is 6.62. The molecule has 5 rings (SSSR count). The Kier molecular flexibility index (Phi) is 5.57. The summed E-state index contributed by atoms with van der Waals surface area (Å²) in [4.78, 5) is 14.8. The van der Waals surface area contributed by atoms with Gasteiger partial charge in [0.25, 0.3) is 5.91 Å². The van der Waals surface area contributed by atoms with Crippen molar-refractivity contribution in [1.82, 2.24) is 14.7 Å². The zero-order chi connectivity index (χ0) is 22.1. The van der Waals surface area contributed by atoms with E-state index in [4.69, 9.17) is 15.6 Å². The first kappa shape index (κ1) is 20.6. The van der Waals surface area contributed by atoms with Crippen molar-refractivity contribution in [2.24, 2.45) is 11.7 Å². The standard InChI is InChI=1S/C25H29N5O2/c1-29-15-12-17(13-16-29)21-11-14-27-25-22(24(26)31)23(28-30(21)25)18-7-9-20(10-8-18)32-19-5-3-2-4-6-19/h2-10,17,21,27H,11-16H2,1H3,(H2,26,31)/t21-/m0/s1. The maximum Gasteiger partial charge on any atom is 0.254 e. The quantitative estimate of drug-likeness (QED) is 0.634. The maximum atomic E-state index is 12.5. The van der Waals surface area contributed by atoms with Crippen molar-refractivity contribution in [2.75, 3.05) is 32.0 Å². The van der Waals surface area contributed by atoms with Gasteiger partial charge in [-0.05, 0) is 81.7 Å². The minimum absolute atomic E-state index is 0.285. The van der Waals surface area contributed by atoms with Gasteiger partial charge >= 0.3 is 0 Å². The van der Waals surface area contributed by atoms with E-state index in [2.05, 4.69) is 17.3 Å². The number of aromatic nitrogens is 2. The fraction of sp³-hybridized carbons (Fsp3) is 0.360. The van der Waals surface area contributed by atoms with Gasteiger partial charge in [0.2, 0.25) is 0 Å². The van der Waals surface area contributed by atoms with E-state index in [1.165, 1.54) is 0 Å². The highest BCUT2D eigenvalue weighted by molar-refractivity contribution is 6.03. The van der Waals surface area contributed by atoms with Crippen LogP contribution in [0.4, 0.5) is 5.82 Å². The first-order valence-electron chi connectivity index (χ1n) is 11.3. The second kappa shape index (κ2) is 8.67. The number of primary amides is 1. The smallest absolute Gasteiger partial charge is 0.254 e. The molecule has 3 aromatic rings. The fourth-order valence-electron chi connectivity index (χ4n) is 4.89. The summed E-state index contributed by atoms with van der Waals surface area (Å²) in [6.07, 6.45) is 3.30. The number of piperidine rings is 1. The van der Waals surface area contributed by atoms with Crippen LogP contribution >= 0.6 is 0 Å². The number of carbonyl (C=O) groups excluding carboxylic acids is 1. The Morgan fingerprint density at radius 3 is 2.41 bits per heavy atom. The van der Waals surface area contributed by atoms with Crippen LogP contribution in [0.2, 0.25) is 0 Å². The average molecular weight is 432 g/mol. The van der Waals surface area contributed by atoms with Gasteiger partial charge in [-0.15, -0.1) is 0 Å². The molecule has 0 spiro atoms. The van der Waals surface area contributed by atoms with E-state index in [0.29, 0.717) is 17.2 Å². The van der Waals surface area contributed by atoms with Crippen LogP contribution in [-0.4, -0.2) is 47.3 Å². The number of carbonyl (C=O) groups is 1. The molecule has 0 saturated carbocycles. The van der Waals surface area contributed by atoms with Gasteiger partial charge in [-0.1, -0.05) is 18.2 Å². The number of anilines is 1. The lowest BCUT2D eigenvalue weighted by Crippen LogP contribution is -2.37. The number of benzene rings is 2. The molecule has 2 aliphatic rings. The van der Waals surface area contributed by atoms with Crippen LogP contribution in [0.5, 0.6) is 11.5 Å². The lowest BCUT2D eigenvalue weighted by Gasteiger charge is -2.37. The molecule has 0 bridgehead atoms. The second-order valence-corrected chi connectivity index (χ2v) is 8.74. The molecule has 0 unspecified atom stereocenters. The number of hydrogen-bond donors (Lipinski definition) is 2. The van der Waals surface area contributed by atoms with Crippen LogP contribution in [0.15, 0.2) is 54.6 Å². The molecule has 1 atom stereocenters. The molecule has 0 aliphatic carbocycles. The van der Waals surface area contributed by atoms with E-state index < -0.39 is 5.91 Å². The topological polar surface area (TPSA) is 85.4 Å². The van der Waals surface area contributed by atoms with Gasteiger partial charge in [0.05, 0.1) is 6.04 Å². The molecule has 2 aliphatic heterocycles. The van der Waals surface area contributed by atoms with Crippen molar-refractivity contribution < 1.29 is 9.53 Å². The second-order valence-electron chi connectivity index (χ2n) is 8.74. The van der Waals surface area contributed by atoms with Gasteiger partial charge < -0.3 is 20.7 Å². The summed E-state index contributed by atoms with van der Waals surface area (Å²) in [7, 11) is 2.17. The van der Waals surface area contributed by atoms with Crippen molar-refractivity contribution in [3.05, 3.63) is 60.2 Å². The minimum atomic E-state index is -0.456. The summed E-state index contributed by atoms with van der Waals surface area (Å²) >= 11 is 0. The molecule has 1 amide bonds. The van der Waals surface area contributed by atoms with Crippen molar-refractivity contribution >= 4 is 11.7 Å². The first-order chi connectivity index (χ1) is 15.6. The molecule has 1 aromatic heterocycles. The summed E-state index contributed by atoms with van der Waals surface area (Å²) < 4.78 is 7.93. The van der Waals surface area contributed by atoms with E-state index in [-0.39, 0.29) is 6.04 Å². The lowest BCUT2D eigenvalue weighted by atomic mass is 9.87. The van der Waals surface area contributed by atoms with Crippen LogP contribution in [0.3, 0.4) is 0 Å². The lowest BCUT2D eigenvalue weighted by molar-refractivity contribution is 0.100. The SMILES string of the molecule is CN1CCC([C@@H]2CCNc3c(C(N)=O)c(-c4ccc(Oc5ccccc5)cc4)nn32)CC1. The van der Waals surface area contributed by atoms with Gasteiger partial charge in [-0.25, -0.2) is 4.68 Å². The molecular formula is C25H29N5O2. The Balaban J connectivity index is 1.46. The highest BCUT2D eigenvalue weighted by atomic mass is 16.5. The van der Waals surface area contributed by atoms with Gasteiger partial charge in [-0.2, -0.15) is 5.10 Å². The largest absolute Gasteiger partial charge is 0.457 e. The zero-order valence-electron chi connectivity index (χ0n) is 18.3. The Labute approximate surface area is 188 Å². The van der Waals surface area contributed by atoms with Gasteiger partial charge in [-0.3, -0.25) is 4.79 Å². The van der Waals surface area contributed by atoms with Gasteiger partial charge in [0.1, 0.15) is 28.6 Å². The fourth-order valence-corrected chi connectivity index (χ4v) is 4.89. The molecule has 32 heavy (non-hydrogen) atoms. The molecule has 0 radical (unpaired) electrons. The first-order valence-corrected chi connectivity index (χ1v) is 11.3. The number of amides is 1. The number of hydrogen-bond acceptors (Lipinski definition) is 5. The number of fused-ring (bicyclic) bond motifs is 1. The maximum absolute atomic E-state index is 12.5. The number of likely N-dealkylation sites (tertiary alicyclic amines) is 1. The van der Waals surface area contributed by atoms with E-state index in [0.717, 1.165) is 61.8 Å². The molecule has 7 heteroatoms. The van der Waals surface area contributed by atoms with Crippen LogP contribution in [0.25, 0.3) is 11.3 Å². The Morgan fingerprint density at radius 2 is 1.72 bits per heavy atom. The Bertz CT molecular complexity index is 1090. The van der Waals surface area contributed by atoms with E-state index in [1.54, 1.807) is 0 Å². The third kappa shape index (κ3) is 3.96. The molecule has 1 fully saturated rings. The number of rotatable bonds is 5. The predicted molar refractivity (Wildman–Crippen MR) is 125 cm³/mol. The predicted octanol–water partition coefficient (Wildman–Crippen LogP) is 4.14. The van der Waals surface area contributed by atoms with Gasteiger partial charge in [0.15, 0.2) is 0 Å². The van der Waals surface area contributed by atoms with Crippen molar-refractivity contribution in [3.8, 4) is 22.8 Å².